The van der Waals surface area contributed by atoms with Crippen molar-refractivity contribution in [3.63, 3.8) is 0 Å². The van der Waals surface area contributed by atoms with Gasteiger partial charge in [-0.3, -0.25) is 9.58 Å². The van der Waals surface area contributed by atoms with Gasteiger partial charge in [-0.25, -0.2) is 0 Å². The Kier molecular flexibility index (Phi) is 5.92. The third-order valence-corrected chi connectivity index (χ3v) is 2.49. The zero-order chi connectivity index (χ0) is 11.5. The van der Waals surface area contributed by atoms with Crippen LogP contribution in [0.4, 0.5) is 0 Å². The van der Waals surface area contributed by atoms with Crippen molar-refractivity contribution >= 4 is 12.4 Å². The summed E-state index contributed by atoms with van der Waals surface area (Å²) in [5.74, 6) is 0. The van der Waals surface area contributed by atoms with Crippen LogP contribution in [0.15, 0.2) is 6.20 Å². The zero-order valence-corrected chi connectivity index (χ0v) is 11.3. The quantitative estimate of drug-likeness (QED) is 0.830. The summed E-state index contributed by atoms with van der Waals surface area (Å²) in [6.45, 7) is 6.86. The standard InChI is InChI=1S/C10H21N5.ClH/c1-10(2,7-11)8-14(3)6-9-5-12-13-15(9)4;/h5H,6-8,11H2,1-4H3;1H. The Morgan fingerprint density at radius 1 is 1.50 bits per heavy atom. The molecule has 6 heteroatoms. The minimum absolute atomic E-state index is 0. The molecule has 0 aliphatic carbocycles. The van der Waals surface area contributed by atoms with Crippen molar-refractivity contribution < 1.29 is 0 Å². The topological polar surface area (TPSA) is 60.0 Å². The van der Waals surface area contributed by atoms with E-state index in [0.717, 1.165) is 18.8 Å². The van der Waals surface area contributed by atoms with Gasteiger partial charge in [-0.2, -0.15) is 0 Å². The first kappa shape index (κ1) is 15.3. The summed E-state index contributed by atoms with van der Waals surface area (Å²) >= 11 is 0. The van der Waals surface area contributed by atoms with Gasteiger partial charge in [-0.1, -0.05) is 19.1 Å². The van der Waals surface area contributed by atoms with E-state index in [-0.39, 0.29) is 17.8 Å². The lowest BCUT2D eigenvalue weighted by Crippen LogP contribution is -2.36. The molecule has 0 radical (unpaired) electrons. The molecule has 16 heavy (non-hydrogen) atoms. The van der Waals surface area contributed by atoms with Gasteiger partial charge in [-0.15, -0.1) is 17.5 Å². The molecule has 0 unspecified atom stereocenters. The molecule has 1 aromatic rings. The monoisotopic (exact) mass is 247 g/mol. The lowest BCUT2D eigenvalue weighted by Gasteiger charge is -2.28. The van der Waals surface area contributed by atoms with Gasteiger partial charge in [0.25, 0.3) is 0 Å². The highest BCUT2D eigenvalue weighted by Crippen LogP contribution is 2.14. The number of hydrogen-bond donors (Lipinski definition) is 1. The summed E-state index contributed by atoms with van der Waals surface area (Å²) in [4.78, 5) is 2.24. The molecule has 0 saturated carbocycles. The molecule has 0 aliphatic heterocycles. The minimum atomic E-state index is 0. The van der Waals surface area contributed by atoms with Crippen LogP contribution >= 0.6 is 12.4 Å². The summed E-state index contributed by atoms with van der Waals surface area (Å²) in [6.07, 6.45) is 1.80. The lowest BCUT2D eigenvalue weighted by atomic mass is 9.93. The lowest BCUT2D eigenvalue weighted by molar-refractivity contribution is 0.206. The third-order valence-electron chi connectivity index (χ3n) is 2.49. The molecule has 0 bridgehead atoms. The highest BCUT2D eigenvalue weighted by molar-refractivity contribution is 5.85. The van der Waals surface area contributed by atoms with Gasteiger partial charge in [0.05, 0.1) is 11.9 Å². The number of hydrogen-bond acceptors (Lipinski definition) is 4. The molecule has 0 aromatic carbocycles. The summed E-state index contributed by atoms with van der Waals surface area (Å²) in [6, 6.07) is 0. The van der Waals surface area contributed by atoms with E-state index in [2.05, 4.69) is 36.1 Å². The van der Waals surface area contributed by atoms with Crippen LogP contribution in [0.1, 0.15) is 19.5 Å². The number of rotatable bonds is 5. The molecule has 1 heterocycles. The first-order chi connectivity index (χ1) is 6.94. The van der Waals surface area contributed by atoms with E-state index in [1.54, 1.807) is 10.9 Å². The highest BCUT2D eigenvalue weighted by Gasteiger charge is 2.18. The molecule has 1 aromatic heterocycles. The van der Waals surface area contributed by atoms with Crippen molar-refractivity contribution in [3.05, 3.63) is 11.9 Å². The van der Waals surface area contributed by atoms with Crippen molar-refractivity contribution in [2.45, 2.75) is 20.4 Å². The van der Waals surface area contributed by atoms with Gasteiger partial charge in [0.15, 0.2) is 0 Å². The highest BCUT2D eigenvalue weighted by atomic mass is 35.5. The van der Waals surface area contributed by atoms with Gasteiger partial charge in [0.1, 0.15) is 0 Å². The van der Waals surface area contributed by atoms with Gasteiger partial charge in [0.2, 0.25) is 0 Å². The second kappa shape index (κ2) is 6.18. The van der Waals surface area contributed by atoms with Crippen molar-refractivity contribution in [2.24, 2.45) is 18.2 Å². The van der Waals surface area contributed by atoms with Crippen LogP contribution in [-0.2, 0) is 13.6 Å². The number of aromatic nitrogens is 3. The zero-order valence-electron chi connectivity index (χ0n) is 10.5. The smallest absolute Gasteiger partial charge is 0.0738 e. The Morgan fingerprint density at radius 3 is 2.56 bits per heavy atom. The normalized spacial score (nSPS) is 11.6. The summed E-state index contributed by atoms with van der Waals surface area (Å²) in [7, 11) is 3.99. The molecular weight excluding hydrogens is 226 g/mol. The second-order valence-corrected chi connectivity index (χ2v) is 4.89. The molecule has 0 fully saturated rings. The van der Waals surface area contributed by atoms with Crippen LogP contribution in [0.25, 0.3) is 0 Å². The van der Waals surface area contributed by atoms with Gasteiger partial charge >= 0.3 is 0 Å². The minimum Gasteiger partial charge on any atom is -0.330 e. The molecule has 1 rings (SSSR count). The molecular formula is C10H22ClN5. The molecule has 0 saturated heterocycles. The van der Waals surface area contributed by atoms with E-state index in [9.17, 15) is 0 Å². The van der Waals surface area contributed by atoms with E-state index in [1.165, 1.54) is 0 Å². The molecule has 0 atom stereocenters. The largest absolute Gasteiger partial charge is 0.330 e. The van der Waals surface area contributed by atoms with Gasteiger partial charge < -0.3 is 5.73 Å². The van der Waals surface area contributed by atoms with Gasteiger partial charge in [0, 0.05) is 20.1 Å². The van der Waals surface area contributed by atoms with Crippen LogP contribution in [0.3, 0.4) is 0 Å². The first-order valence-electron chi connectivity index (χ1n) is 5.17. The van der Waals surface area contributed by atoms with Crippen LogP contribution < -0.4 is 5.73 Å². The van der Waals surface area contributed by atoms with Crippen molar-refractivity contribution in [1.29, 1.82) is 0 Å². The SMILES string of the molecule is CN(Cc1cnnn1C)CC(C)(C)CN.Cl. The van der Waals surface area contributed by atoms with Gasteiger partial charge in [-0.05, 0) is 19.0 Å². The molecule has 0 aliphatic rings. The fourth-order valence-corrected chi connectivity index (χ4v) is 1.58. The fourth-order valence-electron chi connectivity index (χ4n) is 1.58. The maximum atomic E-state index is 5.70. The number of halogens is 1. The Balaban J connectivity index is 0.00000225. The second-order valence-electron chi connectivity index (χ2n) is 4.89. The molecule has 94 valence electrons. The Labute approximate surface area is 103 Å². The van der Waals surface area contributed by atoms with E-state index in [0.29, 0.717) is 6.54 Å². The maximum Gasteiger partial charge on any atom is 0.0738 e. The Bertz CT molecular complexity index is 310. The number of nitrogens with zero attached hydrogens (tertiary/aromatic N) is 4. The fraction of sp³-hybridized carbons (Fsp3) is 0.800. The van der Waals surface area contributed by atoms with Crippen molar-refractivity contribution in [2.75, 3.05) is 20.1 Å². The summed E-state index contributed by atoms with van der Waals surface area (Å²) < 4.78 is 1.80. The maximum absolute atomic E-state index is 5.70. The average Bonchev–Trinajstić information content (AvgIpc) is 2.51. The first-order valence-corrected chi connectivity index (χ1v) is 5.17. The predicted molar refractivity (Wildman–Crippen MR) is 67.4 cm³/mol. The average molecular weight is 248 g/mol. The van der Waals surface area contributed by atoms with E-state index < -0.39 is 0 Å². The number of nitrogens with two attached hydrogens (primary N) is 1. The molecule has 2 N–H and O–H groups in total. The van der Waals surface area contributed by atoms with Crippen LogP contribution in [0.2, 0.25) is 0 Å². The predicted octanol–water partition coefficient (Wildman–Crippen LogP) is 0.654. The van der Waals surface area contributed by atoms with E-state index >= 15 is 0 Å². The van der Waals surface area contributed by atoms with Crippen LogP contribution in [-0.4, -0.2) is 40.0 Å². The Hall–Kier alpha value is -0.650. The molecule has 5 nitrogen and oxygen atoms in total. The van der Waals surface area contributed by atoms with Crippen molar-refractivity contribution in [3.8, 4) is 0 Å². The van der Waals surface area contributed by atoms with E-state index in [4.69, 9.17) is 5.73 Å². The molecule has 0 amide bonds. The van der Waals surface area contributed by atoms with Crippen LogP contribution in [0.5, 0.6) is 0 Å². The van der Waals surface area contributed by atoms with Crippen molar-refractivity contribution in [1.82, 2.24) is 19.9 Å². The Morgan fingerprint density at radius 2 is 2.12 bits per heavy atom. The van der Waals surface area contributed by atoms with E-state index in [1.807, 2.05) is 7.05 Å². The molecule has 0 spiro atoms. The number of aryl methyl sites for hydroxylation is 1. The summed E-state index contributed by atoms with van der Waals surface area (Å²) in [5.41, 5.74) is 6.97. The van der Waals surface area contributed by atoms with Crippen LogP contribution in [0, 0.1) is 5.41 Å². The third kappa shape index (κ3) is 4.47. The summed E-state index contributed by atoms with van der Waals surface area (Å²) in [5, 5.41) is 7.75.